The molecule has 1 rings (SSSR count). The number of carbonyl (C=O) groups is 1. The molecule has 0 aliphatic rings. The molecule has 1 amide bonds. The third-order valence-electron chi connectivity index (χ3n) is 1.78. The molecule has 0 radical (unpaired) electrons. The lowest BCUT2D eigenvalue weighted by Gasteiger charge is -2.10. The third-order valence-corrected chi connectivity index (χ3v) is 1.78. The number of primary amides is 1. The predicted molar refractivity (Wildman–Crippen MR) is 53.7 cm³/mol. The highest BCUT2D eigenvalue weighted by molar-refractivity contribution is 5.64. The van der Waals surface area contributed by atoms with Gasteiger partial charge in [0.2, 0.25) is 0 Å². The summed E-state index contributed by atoms with van der Waals surface area (Å²) in [6.45, 7) is 0.157. The molecule has 0 bridgehead atoms. The number of amides is 1. The molecule has 4 N–H and O–H groups in total. The number of rotatable bonds is 4. The molecule has 0 unspecified atom stereocenters. The Morgan fingerprint density at radius 3 is 2.57 bits per heavy atom. The zero-order chi connectivity index (χ0) is 10.4. The van der Waals surface area contributed by atoms with E-state index < -0.39 is 6.09 Å². The van der Waals surface area contributed by atoms with Gasteiger partial charge in [-0.15, -0.1) is 0 Å². The lowest BCUT2D eigenvalue weighted by molar-refractivity contribution is 0.149. The highest BCUT2D eigenvalue weighted by Gasteiger charge is 2.05. The van der Waals surface area contributed by atoms with Crippen LogP contribution in [0.1, 0.15) is 5.56 Å². The molecule has 0 saturated heterocycles. The van der Waals surface area contributed by atoms with Crippen molar-refractivity contribution in [2.75, 3.05) is 6.61 Å². The van der Waals surface area contributed by atoms with E-state index in [2.05, 4.69) is 4.74 Å². The van der Waals surface area contributed by atoms with Crippen molar-refractivity contribution < 1.29 is 9.53 Å². The predicted octanol–water partition coefficient (Wildman–Crippen LogP) is 0.652. The Balaban J connectivity index is 2.34. The molecular weight excluding hydrogens is 180 g/mol. The highest BCUT2D eigenvalue weighted by atomic mass is 16.5. The molecule has 0 spiro atoms. The van der Waals surface area contributed by atoms with Crippen molar-refractivity contribution in [2.45, 2.75) is 12.5 Å². The van der Waals surface area contributed by atoms with Gasteiger partial charge in [0.05, 0.1) is 0 Å². The van der Waals surface area contributed by atoms with E-state index in [0.29, 0.717) is 6.42 Å². The Hall–Kier alpha value is -1.55. The van der Waals surface area contributed by atoms with Crippen molar-refractivity contribution in [3.63, 3.8) is 0 Å². The van der Waals surface area contributed by atoms with Crippen LogP contribution >= 0.6 is 0 Å². The third kappa shape index (κ3) is 3.91. The quantitative estimate of drug-likeness (QED) is 0.738. The highest BCUT2D eigenvalue weighted by Crippen LogP contribution is 2.01. The van der Waals surface area contributed by atoms with E-state index in [0.717, 1.165) is 5.56 Å². The van der Waals surface area contributed by atoms with Crippen molar-refractivity contribution in [3.8, 4) is 0 Å². The van der Waals surface area contributed by atoms with E-state index >= 15 is 0 Å². The van der Waals surface area contributed by atoms with Gasteiger partial charge in [0.1, 0.15) is 6.61 Å². The van der Waals surface area contributed by atoms with E-state index in [4.69, 9.17) is 11.5 Å². The van der Waals surface area contributed by atoms with Gasteiger partial charge in [-0.3, -0.25) is 0 Å². The number of benzene rings is 1. The summed E-state index contributed by atoms with van der Waals surface area (Å²) in [7, 11) is 0. The maximum atomic E-state index is 10.3. The molecule has 4 nitrogen and oxygen atoms in total. The first kappa shape index (κ1) is 10.5. The van der Waals surface area contributed by atoms with Crippen LogP contribution in [0, 0.1) is 0 Å². The Kier molecular flexibility index (Phi) is 3.94. The molecule has 4 heteroatoms. The first-order chi connectivity index (χ1) is 6.68. The fourth-order valence-electron chi connectivity index (χ4n) is 1.16. The summed E-state index contributed by atoms with van der Waals surface area (Å²) in [5.41, 5.74) is 11.7. The summed E-state index contributed by atoms with van der Waals surface area (Å²) in [6.07, 6.45) is -0.109. The molecule has 14 heavy (non-hydrogen) atoms. The molecule has 1 aromatic carbocycles. The van der Waals surface area contributed by atoms with Crippen molar-refractivity contribution in [1.29, 1.82) is 0 Å². The lowest BCUT2D eigenvalue weighted by atomic mass is 10.1. The zero-order valence-electron chi connectivity index (χ0n) is 7.85. The normalized spacial score (nSPS) is 12.1. The average molecular weight is 194 g/mol. The SMILES string of the molecule is NC(=O)OC[C@@H](N)Cc1ccccc1. The Labute approximate surface area is 82.8 Å². The van der Waals surface area contributed by atoms with Crippen LogP contribution in [0.4, 0.5) is 4.79 Å². The fourth-order valence-corrected chi connectivity index (χ4v) is 1.16. The molecule has 0 fully saturated rings. The number of hydrogen-bond acceptors (Lipinski definition) is 3. The van der Waals surface area contributed by atoms with E-state index in [9.17, 15) is 4.79 Å². The van der Waals surface area contributed by atoms with Crippen LogP contribution in [0.15, 0.2) is 30.3 Å². The minimum absolute atomic E-state index is 0.157. The standard InChI is InChI=1S/C10H14N2O2/c11-9(7-14-10(12)13)6-8-4-2-1-3-5-8/h1-5,9H,6-7,11H2,(H2,12,13)/t9-/m0/s1. The average Bonchev–Trinajstić information content (AvgIpc) is 2.16. The van der Waals surface area contributed by atoms with Crippen LogP contribution in [0.5, 0.6) is 0 Å². The topological polar surface area (TPSA) is 78.3 Å². The minimum Gasteiger partial charge on any atom is -0.448 e. The smallest absolute Gasteiger partial charge is 0.404 e. The van der Waals surface area contributed by atoms with Gasteiger partial charge in [-0.2, -0.15) is 0 Å². The number of ether oxygens (including phenoxy) is 1. The second-order valence-electron chi connectivity index (χ2n) is 3.08. The van der Waals surface area contributed by atoms with Gasteiger partial charge < -0.3 is 16.2 Å². The van der Waals surface area contributed by atoms with Gasteiger partial charge in [0.25, 0.3) is 0 Å². The number of carbonyl (C=O) groups excluding carboxylic acids is 1. The minimum atomic E-state index is -0.784. The van der Waals surface area contributed by atoms with E-state index in [1.54, 1.807) is 0 Å². The van der Waals surface area contributed by atoms with E-state index in [1.165, 1.54) is 0 Å². The van der Waals surface area contributed by atoms with Crippen molar-refractivity contribution in [2.24, 2.45) is 11.5 Å². The van der Waals surface area contributed by atoms with Gasteiger partial charge in [0, 0.05) is 6.04 Å². The molecule has 0 aliphatic carbocycles. The van der Waals surface area contributed by atoms with Crippen LogP contribution in [-0.4, -0.2) is 18.7 Å². The summed E-state index contributed by atoms with van der Waals surface area (Å²) in [5, 5.41) is 0. The van der Waals surface area contributed by atoms with Gasteiger partial charge in [0.15, 0.2) is 0 Å². The van der Waals surface area contributed by atoms with Gasteiger partial charge in [-0.25, -0.2) is 4.79 Å². The summed E-state index contributed by atoms with van der Waals surface area (Å²) in [4.78, 5) is 10.3. The molecule has 0 aliphatic heterocycles. The Morgan fingerprint density at radius 2 is 2.00 bits per heavy atom. The van der Waals surface area contributed by atoms with Gasteiger partial charge in [-0.05, 0) is 12.0 Å². The van der Waals surface area contributed by atoms with Crippen molar-refractivity contribution >= 4 is 6.09 Å². The largest absolute Gasteiger partial charge is 0.448 e. The van der Waals surface area contributed by atoms with Crippen LogP contribution in [0.2, 0.25) is 0 Å². The fraction of sp³-hybridized carbons (Fsp3) is 0.300. The Bertz CT molecular complexity index is 287. The molecular formula is C10H14N2O2. The van der Waals surface area contributed by atoms with Gasteiger partial charge in [-0.1, -0.05) is 30.3 Å². The first-order valence-electron chi connectivity index (χ1n) is 4.40. The second-order valence-corrected chi connectivity index (χ2v) is 3.08. The molecule has 0 saturated carbocycles. The van der Waals surface area contributed by atoms with Crippen LogP contribution in [0.3, 0.4) is 0 Å². The molecule has 1 atom stereocenters. The van der Waals surface area contributed by atoms with Gasteiger partial charge >= 0.3 is 6.09 Å². The second kappa shape index (κ2) is 5.24. The van der Waals surface area contributed by atoms with E-state index in [-0.39, 0.29) is 12.6 Å². The van der Waals surface area contributed by atoms with Crippen LogP contribution < -0.4 is 11.5 Å². The summed E-state index contributed by atoms with van der Waals surface area (Å²) in [6, 6.07) is 9.57. The molecule has 0 heterocycles. The first-order valence-corrected chi connectivity index (χ1v) is 4.40. The lowest BCUT2D eigenvalue weighted by Crippen LogP contribution is -2.31. The van der Waals surface area contributed by atoms with Crippen molar-refractivity contribution in [3.05, 3.63) is 35.9 Å². The zero-order valence-corrected chi connectivity index (χ0v) is 7.85. The van der Waals surface area contributed by atoms with Crippen LogP contribution in [-0.2, 0) is 11.2 Å². The molecule has 1 aromatic rings. The molecule has 76 valence electrons. The van der Waals surface area contributed by atoms with Crippen LogP contribution in [0.25, 0.3) is 0 Å². The van der Waals surface area contributed by atoms with Crippen molar-refractivity contribution in [1.82, 2.24) is 0 Å². The summed E-state index contributed by atoms with van der Waals surface area (Å²) < 4.78 is 4.59. The summed E-state index contributed by atoms with van der Waals surface area (Å²) in [5.74, 6) is 0. The summed E-state index contributed by atoms with van der Waals surface area (Å²) >= 11 is 0. The number of nitrogens with two attached hydrogens (primary N) is 2. The van der Waals surface area contributed by atoms with E-state index in [1.807, 2.05) is 30.3 Å². The Morgan fingerprint density at radius 1 is 1.36 bits per heavy atom. The molecule has 0 aromatic heterocycles. The monoisotopic (exact) mass is 194 g/mol. The maximum absolute atomic E-state index is 10.3. The number of hydrogen-bond donors (Lipinski definition) is 2. The maximum Gasteiger partial charge on any atom is 0.404 e.